The molecule has 2 heteroatoms. The lowest BCUT2D eigenvalue weighted by molar-refractivity contribution is 0.314. The van der Waals surface area contributed by atoms with Crippen molar-refractivity contribution >= 4 is 6.21 Å². The standard InChI is InChI=1S/C16H21NO/c1-11-9-15(13(3)12(11)2)16(4)8-6-5-7-14(16)10-17-18/h5-8,10,14,18H,9H2,1-4H3. The van der Waals surface area contributed by atoms with Crippen molar-refractivity contribution in [2.24, 2.45) is 16.5 Å². The first kappa shape index (κ1) is 12.9. The van der Waals surface area contributed by atoms with Crippen LogP contribution in [0.5, 0.6) is 0 Å². The van der Waals surface area contributed by atoms with E-state index in [-0.39, 0.29) is 11.3 Å². The van der Waals surface area contributed by atoms with Gasteiger partial charge < -0.3 is 5.21 Å². The molecule has 18 heavy (non-hydrogen) atoms. The van der Waals surface area contributed by atoms with Gasteiger partial charge in [-0.25, -0.2) is 0 Å². The van der Waals surface area contributed by atoms with E-state index in [0.717, 1.165) is 6.42 Å². The third kappa shape index (κ3) is 1.86. The highest BCUT2D eigenvalue weighted by molar-refractivity contribution is 5.68. The first-order valence-electron chi connectivity index (χ1n) is 6.41. The summed E-state index contributed by atoms with van der Waals surface area (Å²) in [6, 6.07) is 0. The van der Waals surface area contributed by atoms with E-state index >= 15 is 0 Å². The van der Waals surface area contributed by atoms with Crippen LogP contribution in [0.1, 0.15) is 34.1 Å². The number of rotatable bonds is 2. The smallest absolute Gasteiger partial charge is 0.0516 e. The van der Waals surface area contributed by atoms with Crippen LogP contribution in [0.3, 0.4) is 0 Å². The molecular formula is C16H21NO. The van der Waals surface area contributed by atoms with Gasteiger partial charge in [-0.2, -0.15) is 0 Å². The van der Waals surface area contributed by atoms with E-state index in [1.807, 2.05) is 6.08 Å². The molecule has 0 spiro atoms. The van der Waals surface area contributed by atoms with Gasteiger partial charge in [0, 0.05) is 11.3 Å². The van der Waals surface area contributed by atoms with Gasteiger partial charge in [-0.15, -0.1) is 5.16 Å². The van der Waals surface area contributed by atoms with Crippen molar-refractivity contribution in [3.63, 3.8) is 0 Å². The van der Waals surface area contributed by atoms with E-state index in [4.69, 9.17) is 5.21 Å². The number of allylic oxidation sites excluding steroid dienone is 8. The Morgan fingerprint density at radius 3 is 2.56 bits per heavy atom. The fourth-order valence-corrected chi connectivity index (χ4v) is 3.00. The van der Waals surface area contributed by atoms with E-state index in [9.17, 15) is 0 Å². The molecule has 2 rings (SSSR count). The quantitative estimate of drug-likeness (QED) is 0.439. The summed E-state index contributed by atoms with van der Waals surface area (Å²) < 4.78 is 0. The van der Waals surface area contributed by atoms with Crippen LogP contribution in [0.2, 0.25) is 0 Å². The zero-order chi connectivity index (χ0) is 13.3. The Kier molecular flexibility index (Phi) is 3.29. The lowest BCUT2D eigenvalue weighted by Crippen LogP contribution is -2.29. The molecule has 2 aliphatic rings. The average molecular weight is 243 g/mol. The maximum absolute atomic E-state index is 8.85. The van der Waals surface area contributed by atoms with Crippen molar-refractivity contribution in [1.29, 1.82) is 0 Å². The lowest BCUT2D eigenvalue weighted by atomic mass is 9.68. The molecule has 2 aliphatic carbocycles. The zero-order valence-corrected chi connectivity index (χ0v) is 11.6. The number of nitrogens with zero attached hydrogens (tertiary/aromatic N) is 1. The number of oxime groups is 1. The summed E-state index contributed by atoms with van der Waals surface area (Å²) in [5.41, 5.74) is 5.62. The minimum Gasteiger partial charge on any atom is -0.411 e. The molecule has 2 unspecified atom stereocenters. The Morgan fingerprint density at radius 2 is 2.00 bits per heavy atom. The highest BCUT2D eigenvalue weighted by atomic mass is 16.4. The summed E-state index contributed by atoms with van der Waals surface area (Å²) in [6.45, 7) is 8.82. The monoisotopic (exact) mass is 243 g/mol. The first-order valence-corrected chi connectivity index (χ1v) is 6.41. The summed E-state index contributed by atoms with van der Waals surface area (Å²) in [5.74, 6) is 0.121. The Morgan fingerprint density at radius 1 is 1.28 bits per heavy atom. The van der Waals surface area contributed by atoms with Crippen LogP contribution in [0, 0.1) is 11.3 Å². The zero-order valence-electron chi connectivity index (χ0n) is 11.6. The molecule has 0 aromatic heterocycles. The molecule has 2 nitrogen and oxygen atoms in total. The molecule has 0 heterocycles. The minimum atomic E-state index is -0.0793. The number of hydrogen-bond acceptors (Lipinski definition) is 2. The van der Waals surface area contributed by atoms with Gasteiger partial charge >= 0.3 is 0 Å². The van der Waals surface area contributed by atoms with Crippen molar-refractivity contribution in [3.8, 4) is 0 Å². The minimum absolute atomic E-state index is 0.0793. The maximum Gasteiger partial charge on any atom is 0.0516 e. The van der Waals surface area contributed by atoms with Gasteiger partial charge in [0.15, 0.2) is 0 Å². The van der Waals surface area contributed by atoms with Crippen LogP contribution in [0.25, 0.3) is 0 Å². The van der Waals surface area contributed by atoms with Crippen molar-refractivity contribution in [3.05, 3.63) is 46.6 Å². The van der Waals surface area contributed by atoms with E-state index in [1.54, 1.807) is 6.21 Å². The van der Waals surface area contributed by atoms with Gasteiger partial charge in [-0.05, 0) is 38.3 Å². The third-order valence-corrected chi connectivity index (χ3v) is 4.54. The molecule has 0 radical (unpaired) electrons. The second-order valence-electron chi connectivity index (χ2n) is 5.50. The maximum atomic E-state index is 8.85. The van der Waals surface area contributed by atoms with Gasteiger partial charge in [0.1, 0.15) is 0 Å². The van der Waals surface area contributed by atoms with E-state index in [2.05, 4.69) is 51.1 Å². The lowest BCUT2D eigenvalue weighted by Gasteiger charge is -2.35. The highest BCUT2D eigenvalue weighted by Gasteiger charge is 2.37. The molecule has 96 valence electrons. The van der Waals surface area contributed by atoms with Gasteiger partial charge in [-0.3, -0.25) is 0 Å². The average Bonchev–Trinajstić information content (AvgIpc) is 2.61. The number of hydrogen-bond donors (Lipinski definition) is 1. The fraction of sp³-hybridized carbons (Fsp3) is 0.438. The molecule has 0 saturated heterocycles. The summed E-state index contributed by atoms with van der Waals surface area (Å²) in [7, 11) is 0. The van der Waals surface area contributed by atoms with Crippen molar-refractivity contribution < 1.29 is 5.21 Å². The fourth-order valence-electron chi connectivity index (χ4n) is 3.00. The van der Waals surface area contributed by atoms with Crippen LogP contribution in [-0.2, 0) is 0 Å². The third-order valence-electron chi connectivity index (χ3n) is 4.54. The topological polar surface area (TPSA) is 32.6 Å². The molecule has 0 saturated carbocycles. The Bertz CT molecular complexity index is 505. The second-order valence-corrected chi connectivity index (χ2v) is 5.50. The summed E-state index contributed by atoms with van der Waals surface area (Å²) in [6.07, 6.45) is 11.1. The Labute approximate surface area is 109 Å². The molecule has 1 N–H and O–H groups in total. The molecule has 0 aliphatic heterocycles. The SMILES string of the molecule is CC1=C(C)C(C)=C(C2(C)C=CC=CC2C=NO)C1. The van der Waals surface area contributed by atoms with Crippen LogP contribution < -0.4 is 0 Å². The van der Waals surface area contributed by atoms with Gasteiger partial charge in [0.2, 0.25) is 0 Å². The second kappa shape index (κ2) is 4.60. The van der Waals surface area contributed by atoms with E-state index < -0.39 is 0 Å². The molecule has 0 aromatic rings. The van der Waals surface area contributed by atoms with E-state index in [1.165, 1.54) is 22.3 Å². The largest absolute Gasteiger partial charge is 0.411 e. The normalized spacial score (nSPS) is 32.1. The van der Waals surface area contributed by atoms with E-state index in [0.29, 0.717) is 0 Å². The summed E-state index contributed by atoms with van der Waals surface area (Å²) >= 11 is 0. The molecular weight excluding hydrogens is 222 g/mol. The molecule has 2 atom stereocenters. The van der Waals surface area contributed by atoms with Crippen molar-refractivity contribution in [1.82, 2.24) is 0 Å². The van der Waals surface area contributed by atoms with Gasteiger partial charge in [0.25, 0.3) is 0 Å². The predicted molar refractivity (Wildman–Crippen MR) is 75.8 cm³/mol. The van der Waals surface area contributed by atoms with Crippen LogP contribution >= 0.6 is 0 Å². The van der Waals surface area contributed by atoms with Crippen molar-refractivity contribution in [2.45, 2.75) is 34.1 Å². The summed E-state index contributed by atoms with van der Waals surface area (Å²) in [5, 5.41) is 12.1. The van der Waals surface area contributed by atoms with Gasteiger partial charge in [0.05, 0.1) is 6.21 Å². The highest BCUT2D eigenvalue weighted by Crippen LogP contribution is 2.48. The van der Waals surface area contributed by atoms with Crippen LogP contribution in [-0.4, -0.2) is 11.4 Å². The Hall–Kier alpha value is -1.57. The Balaban J connectivity index is 2.44. The molecule has 0 bridgehead atoms. The predicted octanol–water partition coefficient (Wildman–Crippen LogP) is 4.25. The van der Waals surface area contributed by atoms with Crippen LogP contribution in [0.4, 0.5) is 0 Å². The molecule has 0 amide bonds. The molecule has 0 fully saturated rings. The van der Waals surface area contributed by atoms with Crippen LogP contribution in [0.15, 0.2) is 51.8 Å². The van der Waals surface area contributed by atoms with Gasteiger partial charge in [-0.1, -0.05) is 42.4 Å². The first-order chi connectivity index (χ1) is 8.50. The van der Waals surface area contributed by atoms with Crippen molar-refractivity contribution in [2.75, 3.05) is 0 Å². The summed E-state index contributed by atoms with van der Waals surface area (Å²) in [4.78, 5) is 0. The molecule has 0 aromatic carbocycles.